The number of aromatic amines is 1. The lowest BCUT2D eigenvalue weighted by Gasteiger charge is -2.23. The van der Waals surface area contributed by atoms with Gasteiger partial charge >= 0.3 is 0 Å². The van der Waals surface area contributed by atoms with E-state index < -0.39 is 0 Å². The molecule has 0 atom stereocenters. The molecule has 2 rings (SSSR count). The molecule has 106 valence electrons. The van der Waals surface area contributed by atoms with Gasteiger partial charge in [0.15, 0.2) is 5.11 Å². The Hall–Kier alpha value is -1.88. The third kappa shape index (κ3) is 3.17. The smallest absolute Gasteiger partial charge is 0.253 e. The van der Waals surface area contributed by atoms with Crippen molar-refractivity contribution >= 4 is 28.2 Å². The van der Waals surface area contributed by atoms with Gasteiger partial charge in [0.05, 0.1) is 6.54 Å². The minimum atomic E-state index is -0.0542. The van der Waals surface area contributed by atoms with Gasteiger partial charge in [-0.3, -0.25) is 4.79 Å². The number of rotatable bonds is 4. The molecule has 0 bridgehead atoms. The van der Waals surface area contributed by atoms with Gasteiger partial charge in [-0.1, -0.05) is 18.2 Å². The van der Waals surface area contributed by atoms with Crippen molar-refractivity contribution in [1.29, 1.82) is 0 Å². The number of benzene rings is 1. The minimum Gasteiger partial charge on any atom is -0.363 e. The van der Waals surface area contributed by atoms with Crippen LogP contribution in [0.25, 0.3) is 10.9 Å². The molecule has 0 spiro atoms. The third-order valence-electron chi connectivity index (χ3n) is 3.19. The second-order valence-corrected chi connectivity index (χ2v) is 4.95. The molecule has 1 heterocycles. The lowest BCUT2D eigenvalue weighted by atomic mass is 10.1. The Morgan fingerprint density at radius 1 is 1.35 bits per heavy atom. The first kappa shape index (κ1) is 14.5. The van der Waals surface area contributed by atoms with Crippen LogP contribution in [0.5, 0.6) is 0 Å². The fraction of sp³-hybridized carbons (Fsp3) is 0.333. The van der Waals surface area contributed by atoms with E-state index in [1.54, 1.807) is 0 Å². The quantitative estimate of drug-likeness (QED) is 0.848. The first-order valence-corrected chi connectivity index (χ1v) is 7.20. The average Bonchev–Trinajstić information content (AvgIpc) is 2.45. The second-order valence-electron chi connectivity index (χ2n) is 4.56. The number of hydrogen-bond donors (Lipinski definition) is 2. The number of para-hydroxylation sites is 1. The molecule has 0 aliphatic carbocycles. The topological polar surface area (TPSA) is 48.1 Å². The Bertz CT molecular complexity index is 665. The highest BCUT2D eigenvalue weighted by Crippen LogP contribution is 2.11. The molecule has 0 unspecified atom stereocenters. The molecule has 2 N–H and O–H groups in total. The Labute approximate surface area is 123 Å². The number of nitrogens with one attached hydrogen (secondary N) is 2. The zero-order chi connectivity index (χ0) is 14.5. The van der Waals surface area contributed by atoms with Crippen molar-refractivity contribution in [3.05, 3.63) is 46.2 Å². The van der Waals surface area contributed by atoms with Crippen molar-refractivity contribution in [2.75, 3.05) is 13.1 Å². The number of aromatic nitrogens is 1. The molecule has 0 fully saturated rings. The van der Waals surface area contributed by atoms with Gasteiger partial charge in [0.1, 0.15) is 0 Å². The summed E-state index contributed by atoms with van der Waals surface area (Å²) in [6.45, 7) is 6.09. The summed E-state index contributed by atoms with van der Waals surface area (Å²) in [5.41, 5.74) is 1.53. The van der Waals surface area contributed by atoms with Gasteiger partial charge in [-0.2, -0.15) is 0 Å². The Morgan fingerprint density at radius 3 is 2.80 bits per heavy atom. The minimum absolute atomic E-state index is 0.0542. The van der Waals surface area contributed by atoms with Gasteiger partial charge in [0.2, 0.25) is 0 Å². The van der Waals surface area contributed by atoms with Crippen LogP contribution in [0.3, 0.4) is 0 Å². The van der Waals surface area contributed by atoms with Gasteiger partial charge in [-0.25, -0.2) is 0 Å². The third-order valence-corrected chi connectivity index (χ3v) is 3.59. The van der Waals surface area contributed by atoms with Crippen molar-refractivity contribution in [1.82, 2.24) is 15.2 Å². The zero-order valence-corrected chi connectivity index (χ0v) is 12.6. The second kappa shape index (κ2) is 6.52. The van der Waals surface area contributed by atoms with Crippen LogP contribution in [0.4, 0.5) is 0 Å². The summed E-state index contributed by atoms with van der Waals surface area (Å²) in [6.07, 6.45) is 0. The summed E-state index contributed by atoms with van der Waals surface area (Å²) in [5.74, 6) is 0. The molecule has 0 saturated heterocycles. The van der Waals surface area contributed by atoms with E-state index in [-0.39, 0.29) is 5.56 Å². The number of thiocarbonyl (C=S) groups is 1. The number of nitrogens with zero attached hydrogens (tertiary/aromatic N) is 1. The summed E-state index contributed by atoms with van der Waals surface area (Å²) in [4.78, 5) is 17.0. The van der Waals surface area contributed by atoms with Crippen LogP contribution in [0.1, 0.15) is 19.4 Å². The lowest BCUT2D eigenvalue weighted by molar-refractivity contribution is 0.426. The maximum atomic E-state index is 12.1. The molecule has 0 aliphatic heterocycles. The van der Waals surface area contributed by atoms with Crippen molar-refractivity contribution in [2.45, 2.75) is 20.4 Å². The SMILES string of the molecule is CCNC(=S)N(CC)Cc1cc2ccccc2[nH]c1=O. The van der Waals surface area contributed by atoms with E-state index in [4.69, 9.17) is 12.2 Å². The van der Waals surface area contributed by atoms with Crippen molar-refractivity contribution in [3.63, 3.8) is 0 Å². The molecular formula is C15H19N3OS. The van der Waals surface area contributed by atoms with Crippen molar-refractivity contribution < 1.29 is 0 Å². The molecule has 0 radical (unpaired) electrons. The summed E-state index contributed by atoms with van der Waals surface area (Å²) < 4.78 is 0. The van der Waals surface area contributed by atoms with Crippen LogP contribution in [-0.4, -0.2) is 28.1 Å². The molecule has 0 saturated carbocycles. The van der Waals surface area contributed by atoms with Crippen LogP contribution in [0.2, 0.25) is 0 Å². The molecule has 5 heteroatoms. The molecule has 0 aliphatic rings. The monoisotopic (exact) mass is 289 g/mol. The van der Waals surface area contributed by atoms with Gasteiger partial charge < -0.3 is 15.2 Å². The Kier molecular flexibility index (Phi) is 4.74. The van der Waals surface area contributed by atoms with E-state index in [2.05, 4.69) is 10.3 Å². The van der Waals surface area contributed by atoms with Crippen LogP contribution >= 0.6 is 12.2 Å². The first-order valence-electron chi connectivity index (χ1n) is 6.79. The molecule has 1 aromatic carbocycles. The van der Waals surface area contributed by atoms with Gasteiger partial charge in [-0.05, 0) is 43.6 Å². The molecular weight excluding hydrogens is 270 g/mol. The fourth-order valence-corrected chi connectivity index (χ4v) is 2.44. The van der Waals surface area contributed by atoms with E-state index in [1.165, 1.54) is 0 Å². The maximum absolute atomic E-state index is 12.1. The Balaban J connectivity index is 2.30. The first-order chi connectivity index (χ1) is 9.65. The highest BCUT2D eigenvalue weighted by Gasteiger charge is 2.10. The molecule has 0 amide bonds. The average molecular weight is 289 g/mol. The van der Waals surface area contributed by atoms with E-state index in [0.29, 0.717) is 11.7 Å². The summed E-state index contributed by atoms with van der Waals surface area (Å²) >= 11 is 5.31. The highest BCUT2D eigenvalue weighted by molar-refractivity contribution is 7.80. The highest BCUT2D eigenvalue weighted by atomic mass is 32.1. The number of hydrogen-bond acceptors (Lipinski definition) is 2. The fourth-order valence-electron chi connectivity index (χ4n) is 2.11. The predicted molar refractivity (Wildman–Crippen MR) is 86.9 cm³/mol. The van der Waals surface area contributed by atoms with E-state index in [9.17, 15) is 4.79 Å². The van der Waals surface area contributed by atoms with Gasteiger partial charge in [0.25, 0.3) is 5.56 Å². The van der Waals surface area contributed by atoms with Crippen LogP contribution in [-0.2, 0) is 6.54 Å². The number of H-pyrrole nitrogens is 1. The summed E-state index contributed by atoms with van der Waals surface area (Å²) in [7, 11) is 0. The van der Waals surface area contributed by atoms with Crippen LogP contribution in [0, 0.1) is 0 Å². The lowest BCUT2D eigenvalue weighted by Crippen LogP contribution is -2.40. The standard InChI is InChI=1S/C15H19N3OS/c1-3-16-15(20)18(4-2)10-12-9-11-7-5-6-8-13(11)17-14(12)19/h5-9H,3-4,10H2,1-2H3,(H,16,20)(H,17,19). The normalized spacial score (nSPS) is 10.5. The van der Waals surface area contributed by atoms with Crippen LogP contribution < -0.4 is 10.9 Å². The van der Waals surface area contributed by atoms with E-state index in [1.807, 2.05) is 49.1 Å². The number of pyridine rings is 1. The Morgan fingerprint density at radius 2 is 2.10 bits per heavy atom. The van der Waals surface area contributed by atoms with Gasteiger partial charge in [0, 0.05) is 24.2 Å². The zero-order valence-electron chi connectivity index (χ0n) is 11.8. The van der Waals surface area contributed by atoms with Gasteiger partial charge in [-0.15, -0.1) is 0 Å². The van der Waals surface area contributed by atoms with E-state index in [0.717, 1.165) is 29.6 Å². The molecule has 4 nitrogen and oxygen atoms in total. The maximum Gasteiger partial charge on any atom is 0.253 e. The van der Waals surface area contributed by atoms with Crippen molar-refractivity contribution in [3.8, 4) is 0 Å². The summed E-state index contributed by atoms with van der Waals surface area (Å²) in [5, 5.41) is 4.84. The predicted octanol–water partition coefficient (Wildman–Crippen LogP) is 2.24. The van der Waals surface area contributed by atoms with E-state index >= 15 is 0 Å². The molecule has 2 aromatic rings. The molecule has 1 aromatic heterocycles. The summed E-state index contributed by atoms with van der Waals surface area (Å²) in [6, 6.07) is 9.71. The largest absolute Gasteiger partial charge is 0.363 e. The molecule has 20 heavy (non-hydrogen) atoms. The van der Waals surface area contributed by atoms with Crippen LogP contribution in [0.15, 0.2) is 35.1 Å². The number of fused-ring (bicyclic) bond motifs is 1. The van der Waals surface area contributed by atoms with Crippen molar-refractivity contribution in [2.24, 2.45) is 0 Å².